The van der Waals surface area contributed by atoms with E-state index in [9.17, 15) is 38.4 Å². The molecule has 0 aliphatic carbocycles. The SMILES string of the molecule is C.C.C.C.CCCCOC(=O)C(C)(CC)CC1C(=O)NCNC(=O)C(CC(CC)C(=O)NC(C)C)C(C)(C(=O)OCCCC)CCC(C)C(=O)NCNC(=O)C(C)CCC1C(=O)NC(C)C. The highest BCUT2D eigenvalue weighted by molar-refractivity contribution is 5.91. The van der Waals surface area contributed by atoms with Gasteiger partial charge < -0.3 is 41.4 Å². The van der Waals surface area contributed by atoms with E-state index in [0.29, 0.717) is 25.7 Å². The van der Waals surface area contributed by atoms with E-state index in [4.69, 9.17) is 9.47 Å². The standard InChI is InChI=1S/C46H82N6O10.4CH4/c1-13-17-23-61-43(59)45(11,16-4)26-35-34(41(57)52-30(7)8)20-19-31(9)37(53)47-27-48-38(54)32(10)21-22-46(12,44(60)62-24-18-14-2)36(42(58)50-28-49-40(35)56)25-33(15-3)39(55)51-29(5)6;;;;/h29-36H,13-28H2,1-12H3,(H,47,53)(H,48,54)(H,49,56)(H,50,58)(H,51,55)(H,52,57);4*1H4. The van der Waals surface area contributed by atoms with E-state index in [-0.39, 0.29) is 118 Å². The van der Waals surface area contributed by atoms with Crippen molar-refractivity contribution in [3.63, 3.8) is 0 Å². The maximum Gasteiger partial charge on any atom is 0.312 e. The number of carbonyl (C=O) groups is 8. The van der Waals surface area contributed by atoms with Crippen molar-refractivity contribution in [2.24, 2.45) is 46.3 Å². The van der Waals surface area contributed by atoms with Gasteiger partial charge in [-0.15, -0.1) is 0 Å². The normalized spacial score (nSPS) is 23.7. The minimum Gasteiger partial charge on any atom is -0.465 e. The molecule has 0 aromatic rings. The zero-order chi connectivity index (χ0) is 47.2. The predicted molar refractivity (Wildman–Crippen MR) is 264 cm³/mol. The van der Waals surface area contributed by atoms with Crippen molar-refractivity contribution in [1.29, 1.82) is 0 Å². The number of rotatable bonds is 18. The molecule has 388 valence electrons. The smallest absolute Gasteiger partial charge is 0.312 e. The Morgan fingerprint density at radius 1 is 0.712 bits per heavy atom. The summed E-state index contributed by atoms with van der Waals surface area (Å²) in [5, 5.41) is 16.9. The molecular formula is C50H98N6O10. The van der Waals surface area contributed by atoms with Crippen LogP contribution in [0.3, 0.4) is 0 Å². The Hall–Kier alpha value is -4.24. The van der Waals surface area contributed by atoms with Gasteiger partial charge in [0.15, 0.2) is 0 Å². The van der Waals surface area contributed by atoms with E-state index in [1.807, 2.05) is 41.5 Å². The monoisotopic (exact) mass is 943 g/mol. The zero-order valence-corrected chi connectivity index (χ0v) is 40.0. The van der Waals surface area contributed by atoms with E-state index in [0.717, 1.165) is 12.8 Å². The Bertz CT molecular complexity index is 1490. The van der Waals surface area contributed by atoms with Gasteiger partial charge in [-0.2, -0.15) is 0 Å². The Morgan fingerprint density at radius 2 is 1.20 bits per heavy atom. The summed E-state index contributed by atoms with van der Waals surface area (Å²) in [5.74, 6) is -8.95. The Labute approximate surface area is 400 Å². The molecule has 16 heteroatoms. The van der Waals surface area contributed by atoms with Crippen molar-refractivity contribution in [2.45, 2.75) is 202 Å². The summed E-state index contributed by atoms with van der Waals surface area (Å²) < 4.78 is 11.4. The van der Waals surface area contributed by atoms with E-state index < -0.39 is 82.7 Å². The molecule has 1 aliphatic heterocycles. The largest absolute Gasteiger partial charge is 0.465 e. The van der Waals surface area contributed by atoms with Crippen LogP contribution in [0.4, 0.5) is 0 Å². The molecule has 0 spiro atoms. The van der Waals surface area contributed by atoms with Gasteiger partial charge in [0, 0.05) is 35.8 Å². The molecule has 8 unspecified atom stereocenters. The Balaban J connectivity index is -0.00000480. The van der Waals surface area contributed by atoms with Crippen molar-refractivity contribution < 1.29 is 47.8 Å². The van der Waals surface area contributed by atoms with Gasteiger partial charge >= 0.3 is 11.9 Å². The van der Waals surface area contributed by atoms with Crippen molar-refractivity contribution in [1.82, 2.24) is 31.9 Å². The molecule has 66 heavy (non-hydrogen) atoms. The molecule has 6 N–H and O–H groups in total. The van der Waals surface area contributed by atoms with E-state index in [1.165, 1.54) is 0 Å². The van der Waals surface area contributed by atoms with Crippen molar-refractivity contribution in [2.75, 3.05) is 26.6 Å². The van der Waals surface area contributed by atoms with E-state index in [2.05, 4.69) is 31.9 Å². The zero-order valence-electron chi connectivity index (χ0n) is 40.0. The second-order valence-corrected chi connectivity index (χ2v) is 18.4. The first kappa shape index (κ1) is 68.3. The topological polar surface area (TPSA) is 227 Å². The Kier molecular flexibility index (Phi) is 35.3. The highest BCUT2D eigenvalue weighted by Gasteiger charge is 2.48. The third-order valence-corrected chi connectivity index (χ3v) is 12.3. The third kappa shape index (κ3) is 22.0. The molecular weight excluding hydrogens is 845 g/mol. The van der Waals surface area contributed by atoms with Crippen LogP contribution in [0, 0.1) is 46.3 Å². The Morgan fingerprint density at radius 3 is 1.68 bits per heavy atom. The van der Waals surface area contributed by atoms with Gasteiger partial charge in [-0.05, 0) is 106 Å². The lowest BCUT2D eigenvalue weighted by Crippen LogP contribution is -2.52. The van der Waals surface area contributed by atoms with Crippen LogP contribution in [0.25, 0.3) is 0 Å². The van der Waals surface area contributed by atoms with Crippen molar-refractivity contribution in [3.05, 3.63) is 0 Å². The molecule has 0 radical (unpaired) electrons. The fourth-order valence-electron chi connectivity index (χ4n) is 7.61. The summed E-state index contributed by atoms with van der Waals surface area (Å²) in [7, 11) is 0. The molecule has 1 heterocycles. The van der Waals surface area contributed by atoms with Crippen LogP contribution < -0.4 is 31.9 Å². The van der Waals surface area contributed by atoms with Gasteiger partial charge in [-0.3, -0.25) is 38.4 Å². The van der Waals surface area contributed by atoms with Crippen LogP contribution in [0.2, 0.25) is 0 Å². The van der Waals surface area contributed by atoms with E-state index >= 15 is 0 Å². The molecule has 0 aromatic heterocycles. The third-order valence-electron chi connectivity index (χ3n) is 12.3. The predicted octanol–water partition coefficient (Wildman–Crippen LogP) is 7.57. The summed E-state index contributed by atoms with van der Waals surface area (Å²) in [5.41, 5.74) is -2.69. The summed E-state index contributed by atoms with van der Waals surface area (Å²) >= 11 is 0. The molecule has 0 bridgehead atoms. The maximum atomic E-state index is 14.6. The first-order valence-corrected chi connectivity index (χ1v) is 23.2. The number of nitrogens with one attached hydrogen (secondary N) is 6. The number of esters is 2. The first-order valence-electron chi connectivity index (χ1n) is 23.2. The lowest BCUT2D eigenvalue weighted by atomic mass is 9.68. The molecule has 1 rings (SSSR count). The number of carbonyl (C=O) groups excluding carboxylic acids is 8. The van der Waals surface area contributed by atoms with Gasteiger partial charge in [0.2, 0.25) is 35.4 Å². The number of unbranched alkanes of at least 4 members (excludes halogenated alkanes) is 2. The quantitative estimate of drug-likeness (QED) is 0.0584. The first-order chi connectivity index (χ1) is 29.1. The molecule has 16 nitrogen and oxygen atoms in total. The van der Waals surface area contributed by atoms with Crippen LogP contribution in [0.1, 0.15) is 190 Å². The van der Waals surface area contributed by atoms with Crippen LogP contribution in [-0.4, -0.2) is 86.0 Å². The molecule has 0 aromatic carbocycles. The van der Waals surface area contributed by atoms with Gasteiger partial charge in [-0.25, -0.2) is 0 Å². The number of ether oxygens (including phenoxy) is 2. The van der Waals surface area contributed by atoms with Gasteiger partial charge in [0.1, 0.15) is 0 Å². The average molecular weight is 943 g/mol. The molecule has 1 fully saturated rings. The summed E-state index contributed by atoms with van der Waals surface area (Å²) in [6, 6.07) is -0.464. The van der Waals surface area contributed by atoms with E-state index in [1.54, 1.807) is 41.5 Å². The lowest BCUT2D eigenvalue weighted by molar-refractivity contribution is -0.164. The summed E-state index contributed by atoms with van der Waals surface area (Å²) in [6.07, 6.45) is 3.90. The average Bonchev–Trinajstić information content (AvgIpc) is 3.21. The van der Waals surface area contributed by atoms with Crippen molar-refractivity contribution in [3.8, 4) is 0 Å². The number of hydrogen-bond acceptors (Lipinski definition) is 10. The van der Waals surface area contributed by atoms with Gasteiger partial charge in [-0.1, -0.05) is 84.1 Å². The van der Waals surface area contributed by atoms with Crippen LogP contribution in [0.5, 0.6) is 0 Å². The fourth-order valence-corrected chi connectivity index (χ4v) is 7.61. The van der Waals surface area contributed by atoms with Gasteiger partial charge in [0.25, 0.3) is 0 Å². The number of amides is 6. The molecule has 8 atom stereocenters. The minimum atomic E-state index is -1.52. The van der Waals surface area contributed by atoms with Gasteiger partial charge in [0.05, 0.1) is 49.2 Å². The molecule has 6 amide bonds. The summed E-state index contributed by atoms with van der Waals surface area (Å²) in [6.45, 7) is 21.3. The molecule has 1 aliphatic rings. The van der Waals surface area contributed by atoms with Crippen LogP contribution >= 0.6 is 0 Å². The second-order valence-electron chi connectivity index (χ2n) is 18.4. The number of hydrogen-bond donors (Lipinski definition) is 6. The molecule has 0 saturated carbocycles. The fraction of sp³-hybridized carbons (Fsp3) is 0.840. The highest BCUT2D eigenvalue weighted by Crippen LogP contribution is 2.41. The van der Waals surface area contributed by atoms with Crippen LogP contribution in [0.15, 0.2) is 0 Å². The highest BCUT2D eigenvalue weighted by atomic mass is 16.5. The second kappa shape index (κ2) is 34.1. The van der Waals surface area contributed by atoms with Crippen molar-refractivity contribution >= 4 is 47.4 Å². The maximum absolute atomic E-state index is 14.6. The van der Waals surface area contributed by atoms with Crippen LogP contribution in [-0.2, 0) is 47.8 Å². The molecule has 1 saturated heterocycles. The minimum absolute atomic E-state index is 0. The summed E-state index contributed by atoms with van der Waals surface area (Å²) in [4.78, 5) is 111. The lowest BCUT2D eigenvalue weighted by Gasteiger charge is -2.37.